The molecule has 0 aliphatic heterocycles. The summed E-state index contributed by atoms with van der Waals surface area (Å²) in [5.41, 5.74) is 1.25. The molecule has 0 aromatic rings. The third-order valence-corrected chi connectivity index (χ3v) is 3.47. The van der Waals surface area contributed by atoms with Gasteiger partial charge in [-0.25, -0.2) is 0 Å². The van der Waals surface area contributed by atoms with Crippen molar-refractivity contribution < 1.29 is 14.9 Å². The summed E-state index contributed by atoms with van der Waals surface area (Å²) in [5.74, 6) is 0.220. The largest absolute Gasteiger partial charge is 0.509 e. The van der Waals surface area contributed by atoms with Crippen LogP contribution < -0.4 is 0 Å². The Kier molecular flexibility index (Phi) is 4.03. The first-order valence-corrected chi connectivity index (χ1v) is 5.69. The first kappa shape index (κ1) is 13.1. The lowest BCUT2D eigenvalue weighted by molar-refractivity contribution is 0.151. The van der Waals surface area contributed by atoms with Gasteiger partial charge in [0.1, 0.15) is 11.5 Å². The van der Waals surface area contributed by atoms with Crippen LogP contribution in [-0.2, 0) is 4.74 Å². The van der Waals surface area contributed by atoms with Crippen LogP contribution in [0.5, 0.6) is 0 Å². The third-order valence-electron chi connectivity index (χ3n) is 3.47. The number of aliphatic hydroxyl groups is 2. The monoisotopic (exact) mass is 226 g/mol. The van der Waals surface area contributed by atoms with E-state index < -0.39 is 0 Å². The van der Waals surface area contributed by atoms with E-state index in [0.717, 1.165) is 18.4 Å². The molecule has 3 heteroatoms. The van der Waals surface area contributed by atoms with Gasteiger partial charge in [0.25, 0.3) is 0 Å². The van der Waals surface area contributed by atoms with Crippen LogP contribution in [0.4, 0.5) is 0 Å². The number of allylic oxidation sites excluding steroid dienone is 2. The molecule has 0 amide bonds. The molecule has 1 atom stereocenters. The van der Waals surface area contributed by atoms with E-state index in [4.69, 9.17) is 9.84 Å². The zero-order valence-electron chi connectivity index (χ0n) is 10.4. The Balaban J connectivity index is 2.58. The van der Waals surface area contributed by atoms with Crippen molar-refractivity contribution in [2.45, 2.75) is 33.1 Å². The van der Waals surface area contributed by atoms with Crippen molar-refractivity contribution in [1.29, 1.82) is 0 Å². The summed E-state index contributed by atoms with van der Waals surface area (Å²) in [4.78, 5) is 0. The third kappa shape index (κ3) is 2.79. The molecule has 0 spiro atoms. The highest BCUT2D eigenvalue weighted by atomic mass is 16.5. The molecule has 2 N–H and O–H groups in total. The van der Waals surface area contributed by atoms with E-state index in [1.54, 1.807) is 7.11 Å². The van der Waals surface area contributed by atoms with Gasteiger partial charge in [0.2, 0.25) is 0 Å². The van der Waals surface area contributed by atoms with Crippen molar-refractivity contribution in [2.24, 2.45) is 11.3 Å². The number of methoxy groups -OCH3 is 1. The molecule has 0 aromatic heterocycles. The van der Waals surface area contributed by atoms with E-state index in [9.17, 15) is 5.11 Å². The molecule has 1 aliphatic rings. The number of ether oxygens (including phenoxy) is 1. The molecular formula is C13H22O3. The second kappa shape index (κ2) is 4.91. The van der Waals surface area contributed by atoms with Crippen LogP contribution in [0.15, 0.2) is 23.7 Å². The quantitative estimate of drug-likeness (QED) is 0.539. The summed E-state index contributed by atoms with van der Waals surface area (Å²) in [6.07, 6.45) is 2.69. The van der Waals surface area contributed by atoms with E-state index in [1.807, 2.05) is 6.92 Å². The molecule has 1 aliphatic carbocycles. The van der Waals surface area contributed by atoms with Crippen molar-refractivity contribution in [3.63, 3.8) is 0 Å². The fourth-order valence-electron chi connectivity index (χ4n) is 2.07. The molecule has 0 radical (unpaired) electrons. The maximum absolute atomic E-state index is 9.52. The van der Waals surface area contributed by atoms with Crippen molar-refractivity contribution in [3.05, 3.63) is 23.7 Å². The molecule has 3 nitrogen and oxygen atoms in total. The SMILES string of the molecule is C=C(C(C)C/C(O)=C(\C)O)C1(COC)CC1. The first-order chi connectivity index (χ1) is 7.43. The summed E-state index contributed by atoms with van der Waals surface area (Å²) in [5, 5.41) is 18.7. The smallest absolute Gasteiger partial charge is 0.130 e. The van der Waals surface area contributed by atoms with Gasteiger partial charge in [0.15, 0.2) is 0 Å². The van der Waals surface area contributed by atoms with E-state index in [0.29, 0.717) is 13.0 Å². The Morgan fingerprint density at radius 2 is 2.00 bits per heavy atom. The van der Waals surface area contributed by atoms with Crippen LogP contribution in [-0.4, -0.2) is 23.9 Å². The highest BCUT2D eigenvalue weighted by molar-refractivity contribution is 5.22. The zero-order valence-corrected chi connectivity index (χ0v) is 10.4. The average molecular weight is 226 g/mol. The summed E-state index contributed by atoms with van der Waals surface area (Å²) in [7, 11) is 1.70. The van der Waals surface area contributed by atoms with E-state index in [1.165, 1.54) is 6.92 Å². The minimum Gasteiger partial charge on any atom is -0.509 e. The van der Waals surface area contributed by atoms with Crippen molar-refractivity contribution >= 4 is 0 Å². The summed E-state index contributed by atoms with van der Waals surface area (Å²) in [6, 6.07) is 0. The maximum atomic E-state index is 9.52. The topological polar surface area (TPSA) is 49.7 Å². The van der Waals surface area contributed by atoms with Crippen LogP contribution in [0.2, 0.25) is 0 Å². The number of hydrogen-bond donors (Lipinski definition) is 2. The van der Waals surface area contributed by atoms with E-state index in [2.05, 4.69) is 6.58 Å². The minimum atomic E-state index is -0.00348. The molecule has 0 saturated heterocycles. The summed E-state index contributed by atoms with van der Waals surface area (Å²) < 4.78 is 5.21. The fourth-order valence-corrected chi connectivity index (χ4v) is 2.07. The lowest BCUT2D eigenvalue weighted by Gasteiger charge is -2.23. The van der Waals surface area contributed by atoms with E-state index in [-0.39, 0.29) is 22.9 Å². The van der Waals surface area contributed by atoms with Gasteiger partial charge in [-0.05, 0) is 25.7 Å². The normalized spacial score (nSPS) is 21.2. The lowest BCUT2D eigenvalue weighted by atomic mass is 9.85. The number of hydrogen-bond acceptors (Lipinski definition) is 3. The van der Waals surface area contributed by atoms with Crippen LogP contribution in [0, 0.1) is 11.3 Å². The predicted molar refractivity (Wildman–Crippen MR) is 64.4 cm³/mol. The van der Waals surface area contributed by atoms with Gasteiger partial charge < -0.3 is 14.9 Å². The molecule has 0 aromatic carbocycles. The van der Waals surface area contributed by atoms with Crippen LogP contribution >= 0.6 is 0 Å². The van der Waals surface area contributed by atoms with Crippen molar-refractivity contribution in [1.82, 2.24) is 0 Å². The molecule has 1 saturated carbocycles. The van der Waals surface area contributed by atoms with Gasteiger partial charge in [-0.15, -0.1) is 0 Å². The van der Waals surface area contributed by atoms with Crippen LogP contribution in [0.3, 0.4) is 0 Å². The molecule has 0 bridgehead atoms. The van der Waals surface area contributed by atoms with Gasteiger partial charge >= 0.3 is 0 Å². The van der Waals surface area contributed by atoms with E-state index >= 15 is 0 Å². The minimum absolute atomic E-state index is 0.00348. The Labute approximate surface area is 97.4 Å². The molecule has 16 heavy (non-hydrogen) atoms. The molecule has 1 unspecified atom stereocenters. The van der Waals surface area contributed by atoms with Crippen molar-refractivity contribution in [3.8, 4) is 0 Å². The predicted octanol–water partition coefficient (Wildman–Crippen LogP) is 3.34. The Bertz CT molecular complexity index is 296. The lowest BCUT2D eigenvalue weighted by Crippen LogP contribution is -2.17. The molecular weight excluding hydrogens is 204 g/mol. The van der Waals surface area contributed by atoms with Crippen LogP contribution in [0.1, 0.15) is 33.1 Å². The second-order valence-electron chi connectivity index (χ2n) is 4.88. The van der Waals surface area contributed by atoms with Gasteiger partial charge in [-0.3, -0.25) is 0 Å². The Morgan fingerprint density at radius 3 is 2.38 bits per heavy atom. The first-order valence-electron chi connectivity index (χ1n) is 5.69. The standard InChI is InChI=1S/C13H22O3/c1-9(7-12(15)11(3)14)10(2)13(5-6-13)8-16-4/h9,14-15H,2,5-8H2,1,3-4H3/b12-11-. The van der Waals surface area contributed by atoms with Gasteiger partial charge in [-0.2, -0.15) is 0 Å². The number of rotatable bonds is 6. The number of aliphatic hydroxyl groups excluding tert-OH is 2. The molecule has 0 heterocycles. The molecule has 1 fully saturated rings. The van der Waals surface area contributed by atoms with Crippen LogP contribution in [0.25, 0.3) is 0 Å². The summed E-state index contributed by atoms with van der Waals surface area (Å²) >= 11 is 0. The fraction of sp³-hybridized carbons (Fsp3) is 0.692. The maximum Gasteiger partial charge on any atom is 0.130 e. The highest BCUT2D eigenvalue weighted by Gasteiger charge is 2.46. The molecule has 92 valence electrons. The van der Waals surface area contributed by atoms with Gasteiger partial charge in [0, 0.05) is 18.9 Å². The Morgan fingerprint density at radius 1 is 1.44 bits per heavy atom. The van der Waals surface area contributed by atoms with Gasteiger partial charge in [-0.1, -0.05) is 19.1 Å². The van der Waals surface area contributed by atoms with Crippen molar-refractivity contribution in [2.75, 3.05) is 13.7 Å². The average Bonchev–Trinajstić information content (AvgIpc) is 2.98. The second-order valence-corrected chi connectivity index (χ2v) is 4.88. The molecule has 1 rings (SSSR count). The Hall–Kier alpha value is -0.960. The highest BCUT2D eigenvalue weighted by Crippen LogP contribution is 2.54. The van der Waals surface area contributed by atoms with Gasteiger partial charge in [0.05, 0.1) is 6.61 Å². The summed E-state index contributed by atoms with van der Waals surface area (Å²) in [6.45, 7) is 8.35. The zero-order chi connectivity index (χ0) is 12.3.